The van der Waals surface area contributed by atoms with Gasteiger partial charge in [0, 0.05) is 11.1 Å². The number of anilines is 1. The third kappa shape index (κ3) is 2.41. The molecule has 1 N–H and O–H groups in total. The number of nitrogens with one attached hydrogen (secondary N) is 1. The Morgan fingerprint density at radius 1 is 1.29 bits per heavy atom. The third-order valence-electron chi connectivity index (χ3n) is 4.07. The topological polar surface area (TPSA) is 73.0 Å². The van der Waals surface area contributed by atoms with Crippen LogP contribution in [0, 0.1) is 13.8 Å². The highest BCUT2D eigenvalue weighted by Crippen LogP contribution is 2.44. The van der Waals surface area contributed by atoms with Crippen LogP contribution < -0.4 is 5.32 Å². The molecule has 1 aliphatic rings. The molecule has 3 heterocycles. The van der Waals surface area contributed by atoms with E-state index in [1.54, 1.807) is 16.4 Å². The van der Waals surface area contributed by atoms with Gasteiger partial charge >= 0.3 is 0 Å². The van der Waals surface area contributed by atoms with Crippen LogP contribution in [0.15, 0.2) is 41.1 Å². The van der Waals surface area contributed by atoms with E-state index in [4.69, 9.17) is 4.52 Å². The fraction of sp³-hybridized carbons (Fsp3) is 0.235. The maximum Gasteiger partial charge on any atom is 0.235 e. The largest absolute Gasteiger partial charge is 0.361 e. The molecule has 0 saturated carbocycles. The molecule has 0 radical (unpaired) electrons. The van der Waals surface area contributed by atoms with Crippen molar-refractivity contribution in [3.8, 4) is 5.69 Å². The number of rotatable bonds is 2. The number of aryl methyl sites for hydroxylation is 2. The van der Waals surface area contributed by atoms with Crippen LogP contribution in [0.2, 0.25) is 0 Å². The van der Waals surface area contributed by atoms with E-state index >= 15 is 0 Å². The average Bonchev–Trinajstić information content (AvgIpc) is 3.09. The standard InChI is InChI=1S/C17H16N4O2S/c1-10-15(11(2)23-20-10)16-13-8-18-21(12-6-4-3-5-7-12)17(13)19-14(22)9-24-16/h3-8,16H,9H2,1-2H3,(H,19,22)/t16-/m0/s1. The Morgan fingerprint density at radius 3 is 2.79 bits per heavy atom. The molecule has 2 aromatic heterocycles. The van der Waals surface area contributed by atoms with E-state index in [-0.39, 0.29) is 11.2 Å². The van der Waals surface area contributed by atoms with Crippen LogP contribution >= 0.6 is 11.8 Å². The molecule has 1 aliphatic heterocycles. The first kappa shape index (κ1) is 15.0. The monoisotopic (exact) mass is 340 g/mol. The molecule has 0 saturated heterocycles. The van der Waals surface area contributed by atoms with E-state index in [2.05, 4.69) is 15.6 Å². The number of benzene rings is 1. The Bertz CT molecular complexity index is 881. The summed E-state index contributed by atoms with van der Waals surface area (Å²) >= 11 is 1.56. The van der Waals surface area contributed by atoms with Gasteiger partial charge in [0.15, 0.2) is 0 Å². The summed E-state index contributed by atoms with van der Waals surface area (Å²) in [6, 6.07) is 9.77. The van der Waals surface area contributed by atoms with Gasteiger partial charge in [0.2, 0.25) is 5.91 Å². The lowest BCUT2D eigenvalue weighted by molar-refractivity contribution is -0.113. The van der Waals surface area contributed by atoms with Crippen LogP contribution in [0.25, 0.3) is 5.69 Å². The van der Waals surface area contributed by atoms with E-state index in [0.717, 1.165) is 28.3 Å². The van der Waals surface area contributed by atoms with Crippen molar-refractivity contribution in [1.82, 2.24) is 14.9 Å². The molecular weight excluding hydrogens is 324 g/mol. The van der Waals surface area contributed by atoms with Gasteiger partial charge in [-0.3, -0.25) is 4.79 Å². The second-order valence-electron chi connectivity index (χ2n) is 5.67. The number of para-hydroxylation sites is 1. The first-order valence-electron chi connectivity index (χ1n) is 7.62. The van der Waals surface area contributed by atoms with Gasteiger partial charge in [-0.2, -0.15) is 5.10 Å². The Morgan fingerprint density at radius 2 is 2.08 bits per heavy atom. The van der Waals surface area contributed by atoms with Crippen LogP contribution in [0.3, 0.4) is 0 Å². The first-order chi connectivity index (χ1) is 11.6. The lowest BCUT2D eigenvalue weighted by Gasteiger charge is -2.13. The van der Waals surface area contributed by atoms with Crippen molar-refractivity contribution in [3.63, 3.8) is 0 Å². The summed E-state index contributed by atoms with van der Waals surface area (Å²) < 4.78 is 7.09. The van der Waals surface area contributed by atoms with Crippen molar-refractivity contribution in [3.05, 3.63) is 59.1 Å². The van der Waals surface area contributed by atoms with E-state index in [9.17, 15) is 4.79 Å². The molecule has 1 amide bonds. The number of fused-ring (bicyclic) bond motifs is 1. The predicted octanol–water partition coefficient (Wildman–Crippen LogP) is 3.25. The highest BCUT2D eigenvalue weighted by molar-refractivity contribution is 8.00. The van der Waals surface area contributed by atoms with Crippen LogP contribution in [0.5, 0.6) is 0 Å². The molecule has 0 bridgehead atoms. The summed E-state index contributed by atoms with van der Waals surface area (Å²) in [5.74, 6) is 1.82. The molecule has 4 rings (SSSR count). The van der Waals surface area contributed by atoms with Crippen molar-refractivity contribution in [1.29, 1.82) is 0 Å². The second-order valence-corrected chi connectivity index (χ2v) is 6.77. The quantitative estimate of drug-likeness (QED) is 0.775. The summed E-state index contributed by atoms with van der Waals surface area (Å²) in [5, 5.41) is 11.5. The molecule has 1 atom stereocenters. The van der Waals surface area contributed by atoms with E-state index < -0.39 is 0 Å². The summed E-state index contributed by atoms with van der Waals surface area (Å²) in [5.41, 5.74) is 3.73. The van der Waals surface area contributed by atoms with Crippen molar-refractivity contribution >= 4 is 23.5 Å². The van der Waals surface area contributed by atoms with Gasteiger partial charge in [0.1, 0.15) is 11.6 Å². The van der Waals surface area contributed by atoms with Crippen LogP contribution in [-0.2, 0) is 4.79 Å². The first-order valence-corrected chi connectivity index (χ1v) is 8.67. The summed E-state index contributed by atoms with van der Waals surface area (Å²) in [6.45, 7) is 3.82. The van der Waals surface area contributed by atoms with E-state index in [1.165, 1.54) is 0 Å². The number of amides is 1. The molecule has 0 aliphatic carbocycles. The number of thioether (sulfide) groups is 1. The second kappa shape index (κ2) is 5.83. The smallest absolute Gasteiger partial charge is 0.235 e. The SMILES string of the molecule is Cc1noc(C)c1[C@H]1SCC(=O)Nc2c1cnn2-c1ccccc1. The fourth-order valence-corrected chi connectivity index (χ4v) is 4.21. The Kier molecular flexibility index (Phi) is 3.65. The number of carbonyl (C=O) groups excluding carboxylic acids is 1. The van der Waals surface area contributed by atoms with Gasteiger partial charge in [-0.25, -0.2) is 4.68 Å². The van der Waals surface area contributed by atoms with E-state index in [1.807, 2.05) is 50.4 Å². The van der Waals surface area contributed by atoms with E-state index in [0.29, 0.717) is 11.6 Å². The average molecular weight is 340 g/mol. The molecular formula is C17H16N4O2S. The normalized spacial score (nSPS) is 17.2. The fourth-order valence-electron chi connectivity index (χ4n) is 2.96. The molecule has 122 valence electrons. The zero-order valence-corrected chi connectivity index (χ0v) is 14.1. The van der Waals surface area contributed by atoms with Gasteiger partial charge in [0.25, 0.3) is 0 Å². The van der Waals surface area contributed by atoms with Crippen molar-refractivity contribution in [2.45, 2.75) is 19.1 Å². The number of carbonyl (C=O) groups is 1. The Labute approximate surface area is 143 Å². The molecule has 3 aromatic rings. The van der Waals surface area contributed by atoms with Crippen molar-refractivity contribution < 1.29 is 9.32 Å². The highest BCUT2D eigenvalue weighted by Gasteiger charge is 2.31. The minimum absolute atomic E-state index is 0.0341. The maximum absolute atomic E-state index is 12.2. The Balaban J connectivity index is 1.88. The maximum atomic E-state index is 12.2. The summed E-state index contributed by atoms with van der Waals surface area (Å²) in [7, 11) is 0. The van der Waals surface area contributed by atoms with Gasteiger partial charge in [-0.1, -0.05) is 23.4 Å². The van der Waals surface area contributed by atoms with Gasteiger partial charge in [0.05, 0.1) is 28.6 Å². The van der Waals surface area contributed by atoms with Gasteiger partial charge in [-0.15, -0.1) is 11.8 Å². The number of nitrogens with zero attached hydrogens (tertiary/aromatic N) is 3. The van der Waals surface area contributed by atoms with Crippen LogP contribution in [0.1, 0.15) is 27.8 Å². The predicted molar refractivity (Wildman–Crippen MR) is 92.5 cm³/mol. The van der Waals surface area contributed by atoms with Gasteiger partial charge in [-0.05, 0) is 26.0 Å². The number of hydrogen-bond acceptors (Lipinski definition) is 5. The number of aromatic nitrogens is 3. The van der Waals surface area contributed by atoms with Crippen molar-refractivity contribution in [2.24, 2.45) is 0 Å². The number of hydrogen-bond donors (Lipinski definition) is 1. The lowest BCUT2D eigenvalue weighted by Crippen LogP contribution is -2.15. The molecule has 0 spiro atoms. The molecule has 6 nitrogen and oxygen atoms in total. The minimum atomic E-state index is -0.0392. The van der Waals surface area contributed by atoms with Crippen LogP contribution in [-0.4, -0.2) is 26.6 Å². The highest BCUT2D eigenvalue weighted by atomic mass is 32.2. The summed E-state index contributed by atoms with van der Waals surface area (Å²) in [4.78, 5) is 12.2. The van der Waals surface area contributed by atoms with Crippen molar-refractivity contribution in [2.75, 3.05) is 11.1 Å². The summed E-state index contributed by atoms with van der Waals surface area (Å²) in [6.07, 6.45) is 1.82. The van der Waals surface area contributed by atoms with Crippen LogP contribution in [0.4, 0.5) is 5.82 Å². The molecule has 24 heavy (non-hydrogen) atoms. The zero-order valence-electron chi connectivity index (χ0n) is 13.3. The van der Waals surface area contributed by atoms with Gasteiger partial charge < -0.3 is 9.84 Å². The zero-order chi connectivity index (χ0) is 16.7. The minimum Gasteiger partial charge on any atom is -0.361 e. The third-order valence-corrected chi connectivity index (χ3v) is 5.32. The molecule has 7 heteroatoms. The molecule has 1 aromatic carbocycles. The molecule has 0 fully saturated rings. The molecule has 0 unspecified atom stereocenters. The lowest BCUT2D eigenvalue weighted by atomic mass is 10.1. The Hall–Kier alpha value is -2.54.